The number of fused-ring (bicyclic) bond motifs is 1. The number of benzene rings is 1. The quantitative estimate of drug-likeness (QED) is 0.823. The summed E-state index contributed by atoms with van der Waals surface area (Å²) in [6.07, 6.45) is 0. The third kappa shape index (κ3) is 4.77. The van der Waals surface area contributed by atoms with Crippen LogP contribution in [-0.2, 0) is 17.9 Å². The first-order chi connectivity index (χ1) is 10.8. The highest BCUT2D eigenvalue weighted by atomic mass is 35.5. The number of hydrogen-bond donors (Lipinski definition) is 1. The molecule has 2 rings (SSSR count). The van der Waals surface area contributed by atoms with E-state index >= 15 is 0 Å². The molecule has 6 heteroatoms. The zero-order chi connectivity index (χ0) is 17.0. The summed E-state index contributed by atoms with van der Waals surface area (Å²) in [6, 6.07) is 5.20. The largest absolute Gasteiger partial charge is 0.372 e. The first-order valence-corrected chi connectivity index (χ1v) is 8.11. The Balaban J connectivity index is 2.47. The molecule has 2 aromatic rings. The summed E-state index contributed by atoms with van der Waals surface area (Å²) in [5, 5.41) is 4.11. The van der Waals surface area contributed by atoms with Crippen molar-refractivity contribution in [3.63, 3.8) is 0 Å². The lowest BCUT2D eigenvalue weighted by Gasteiger charge is -2.22. The first kappa shape index (κ1) is 17.9. The van der Waals surface area contributed by atoms with Crippen LogP contribution < -0.4 is 10.9 Å². The summed E-state index contributed by atoms with van der Waals surface area (Å²) in [6.45, 7) is 8.48. The summed E-state index contributed by atoms with van der Waals surface area (Å²) < 4.78 is 7.34. The number of rotatable bonds is 6. The number of ether oxygens (including phenoxy) is 1. The maximum Gasteiger partial charge on any atom is 0.261 e. The van der Waals surface area contributed by atoms with Crippen molar-refractivity contribution in [1.29, 1.82) is 0 Å². The van der Waals surface area contributed by atoms with Gasteiger partial charge in [-0.2, -0.15) is 0 Å². The highest BCUT2D eigenvalue weighted by molar-refractivity contribution is 6.31. The zero-order valence-electron chi connectivity index (χ0n) is 14.1. The number of likely N-dealkylation sites (N-methyl/N-ethyl adjacent to an activating group) is 1. The van der Waals surface area contributed by atoms with Crippen LogP contribution in [0, 0.1) is 5.41 Å². The minimum absolute atomic E-state index is 0.0442. The summed E-state index contributed by atoms with van der Waals surface area (Å²) in [5.41, 5.74) is 0.536. The lowest BCUT2D eigenvalue weighted by Crippen LogP contribution is -2.31. The minimum Gasteiger partial charge on any atom is -0.372 e. The summed E-state index contributed by atoms with van der Waals surface area (Å²) in [5.74, 6) is 0.649. The van der Waals surface area contributed by atoms with Crippen LogP contribution in [0.5, 0.6) is 0 Å². The van der Waals surface area contributed by atoms with Crippen LogP contribution >= 0.6 is 11.6 Å². The van der Waals surface area contributed by atoms with Gasteiger partial charge in [-0.15, -0.1) is 0 Å². The van der Waals surface area contributed by atoms with Gasteiger partial charge >= 0.3 is 0 Å². The fraction of sp³-hybridized carbons (Fsp3) is 0.529. The van der Waals surface area contributed by atoms with E-state index in [2.05, 4.69) is 31.1 Å². The van der Waals surface area contributed by atoms with E-state index < -0.39 is 0 Å². The van der Waals surface area contributed by atoms with Crippen LogP contribution in [0.3, 0.4) is 0 Å². The van der Waals surface area contributed by atoms with Crippen molar-refractivity contribution >= 4 is 22.5 Å². The summed E-state index contributed by atoms with van der Waals surface area (Å²) >= 11 is 6.03. The first-order valence-electron chi connectivity index (χ1n) is 7.73. The van der Waals surface area contributed by atoms with Crippen LogP contribution in [0.2, 0.25) is 5.02 Å². The molecule has 0 radical (unpaired) electrons. The fourth-order valence-corrected chi connectivity index (χ4v) is 2.50. The van der Waals surface area contributed by atoms with Gasteiger partial charge in [0.1, 0.15) is 12.4 Å². The predicted molar refractivity (Wildman–Crippen MR) is 94.1 cm³/mol. The monoisotopic (exact) mass is 337 g/mol. The van der Waals surface area contributed by atoms with Crippen LogP contribution in [0.4, 0.5) is 0 Å². The topological polar surface area (TPSA) is 56.1 Å². The van der Waals surface area contributed by atoms with Crippen molar-refractivity contribution in [2.75, 3.05) is 20.2 Å². The van der Waals surface area contributed by atoms with Gasteiger partial charge in [0.2, 0.25) is 0 Å². The Morgan fingerprint density at radius 2 is 2.09 bits per heavy atom. The Labute approximate surface area is 141 Å². The molecule has 1 aromatic heterocycles. The average Bonchev–Trinajstić information content (AvgIpc) is 2.47. The SMILES string of the molecule is CNCCOCc1nc2ccc(Cl)cc2c(=O)n1CC(C)(C)C. The Kier molecular flexibility index (Phi) is 5.79. The molecule has 126 valence electrons. The smallest absolute Gasteiger partial charge is 0.261 e. The van der Waals surface area contributed by atoms with Crippen LogP contribution in [-0.4, -0.2) is 29.8 Å². The van der Waals surface area contributed by atoms with Gasteiger partial charge in [-0.25, -0.2) is 4.98 Å². The second kappa shape index (κ2) is 7.43. The Hall–Kier alpha value is -1.43. The Morgan fingerprint density at radius 3 is 2.74 bits per heavy atom. The van der Waals surface area contributed by atoms with E-state index in [1.807, 2.05) is 7.05 Å². The van der Waals surface area contributed by atoms with E-state index in [1.54, 1.807) is 22.8 Å². The second-order valence-corrected chi connectivity index (χ2v) is 7.23. The molecule has 23 heavy (non-hydrogen) atoms. The molecular formula is C17H24ClN3O2. The third-order valence-electron chi connectivity index (χ3n) is 3.36. The van der Waals surface area contributed by atoms with Crippen molar-refractivity contribution in [3.05, 3.63) is 39.4 Å². The van der Waals surface area contributed by atoms with Gasteiger partial charge in [0, 0.05) is 18.1 Å². The molecule has 0 atom stereocenters. The molecule has 0 spiro atoms. The van der Waals surface area contributed by atoms with E-state index in [0.29, 0.717) is 41.5 Å². The number of nitrogens with one attached hydrogen (secondary N) is 1. The Bertz CT molecular complexity index is 735. The normalized spacial score (nSPS) is 12.0. The highest BCUT2D eigenvalue weighted by Gasteiger charge is 2.18. The Morgan fingerprint density at radius 1 is 1.35 bits per heavy atom. The van der Waals surface area contributed by atoms with Crippen LogP contribution in [0.1, 0.15) is 26.6 Å². The minimum atomic E-state index is -0.0698. The lowest BCUT2D eigenvalue weighted by molar-refractivity contribution is 0.113. The van der Waals surface area contributed by atoms with Gasteiger partial charge in [-0.1, -0.05) is 32.4 Å². The number of aromatic nitrogens is 2. The summed E-state index contributed by atoms with van der Waals surface area (Å²) in [7, 11) is 1.87. The fourth-order valence-electron chi connectivity index (χ4n) is 2.32. The van der Waals surface area contributed by atoms with Crippen molar-refractivity contribution in [3.8, 4) is 0 Å². The maximum absolute atomic E-state index is 12.9. The maximum atomic E-state index is 12.9. The van der Waals surface area contributed by atoms with E-state index in [0.717, 1.165) is 6.54 Å². The number of hydrogen-bond acceptors (Lipinski definition) is 4. The van der Waals surface area contributed by atoms with Crippen molar-refractivity contribution < 1.29 is 4.74 Å². The second-order valence-electron chi connectivity index (χ2n) is 6.80. The van der Waals surface area contributed by atoms with E-state index in [1.165, 1.54) is 0 Å². The van der Waals surface area contributed by atoms with Crippen molar-refractivity contribution in [2.45, 2.75) is 33.9 Å². The van der Waals surface area contributed by atoms with E-state index in [-0.39, 0.29) is 11.0 Å². The van der Waals surface area contributed by atoms with Crippen molar-refractivity contribution in [1.82, 2.24) is 14.9 Å². The predicted octanol–water partition coefficient (Wildman–Crippen LogP) is 2.83. The molecule has 1 N–H and O–H groups in total. The average molecular weight is 338 g/mol. The lowest BCUT2D eigenvalue weighted by atomic mass is 9.96. The molecule has 1 heterocycles. The van der Waals surface area contributed by atoms with Crippen LogP contribution in [0.25, 0.3) is 10.9 Å². The highest BCUT2D eigenvalue weighted by Crippen LogP contribution is 2.19. The van der Waals surface area contributed by atoms with Gasteiger partial charge in [-0.05, 0) is 30.7 Å². The molecule has 0 aliphatic carbocycles. The third-order valence-corrected chi connectivity index (χ3v) is 3.59. The van der Waals surface area contributed by atoms with E-state index in [9.17, 15) is 4.79 Å². The standard InChI is InChI=1S/C17H24ClN3O2/c1-17(2,3)11-21-15(10-23-8-7-19-4)20-14-6-5-12(18)9-13(14)16(21)22/h5-6,9,19H,7-8,10-11H2,1-4H3. The molecule has 0 amide bonds. The number of nitrogens with zero attached hydrogens (tertiary/aromatic N) is 2. The molecule has 0 aliphatic rings. The van der Waals surface area contributed by atoms with Gasteiger partial charge in [0.05, 0.1) is 17.5 Å². The molecule has 5 nitrogen and oxygen atoms in total. The van der Waals surface area contributed by atoms with Crippen LogP contribution in [0.15, 0.2) is 23.0 Å². The van der Waals surface area contributed by atoms with E-state index in [4.69, 9.17) is 16.3 Å². The molecule has 0 saturated heterocycles. The number of halogens is 1. The van der Waals surface area contributed by atoms with Crippen molar-refractivity contribution in [2.24, 2.45) is 5.41 Å². The van der Waals surface area contributed by atoms with Gasteiger partial charge < -0.3 is 10.1 Å². The van der Waals surface area contributed by atoms with Gasteiger partial charge in [-0.3, -0.25) is 9.36 Å². The molecule has 0 fully saturated rings. The molecule has 0 saturated carbocycles. The van der Waals surface area contributed by atoms with Gasteiger partial charge in [0.15, 0.2) is 0 Å². The molecule has 0 aliphatic heterocycles. The summed E-state index contributed by atoms with van der Waals surface area (Å²) in [4.78, 5) is 17.5. The molecule has 1 aromatic carbocycles. The van der Waals surface area contributed by atoms with Gasteiger partial charge in [0.25, 0.3) is 5.56 Å². The molecular weight excluding hydrogens is 314 g/mol. The zero-order valence-corrected chi connectivity index (χ0v) is 14.9. The molecule has 0 bridgehead atoms. The molecule has 0 unspecified atom stereocenters.